The van der Waals surface area contributed by atoms with Crippen LogP contribution in [0.1, 0.15) is 26.0 Å². The van der Waals surface area contributed by atoms with Crippen molar-refractivity contribution in [2.24, 2.45) is 0 Å². The molecule has 0 spiro atoms. The predicted octanol–water partition coefficient (Wildman–Crippen LogP) is 1.86. The van der Waals surface area contributed by atoms with Crippen LogP contribution in [-0.4, -0.2) is 9.78 Å². The molecule has 0 atom stereocenters. The molecule has 0 amide bonds. The lowest BCUT2D eigenvalue weighted by atomic mass is 10.4. The quantitative estimate of drug-likeness (QED) is 0.623. The number of hydrogen-bond acceptors (Lipinski definition) is 1. The van der Waals surface area contributed by atoms with Crippen LogP contribution in [0.15, 0.2) is 12.3 Å². The lowest BCUT2D eigenvalue weighted by Crippen LogP contribution is -1.97. The highest BCUT2D eigenvalue weighted by molar-refractivity contribution is 4.97. The molecule has 0 radical (unpaired) electrons. The first-order valence-corrected chi connectivity index (χ1v) is 3.89. The molecule has 2 nitrogen and oxygen atoms in total. The maximum atomic E-state index is 4.34. The molecule has 56 valence electrons. The van der Waals surface area contributed by atoms with Gasteiger partial charge in [0.25, 0.3) is 0 Å². The summed E-state index contributed by atoms with van der Waals surface area (Å²) in [4.78, 5) is 0. The van der Waals surface area contributed by atoms with Gasteiger partial charge in [-0.1, -0.05) is 13.8 Å². The Labute approximate surface area is 61.9 Å². The average molecular weight is 138 g/mol. The zero-order chi connectivity index (χ0) is 7.40. The van der Waals surface area contributed by atoms with Gasteiger partial charge in [0.15, 0.2) is 0 Å². The Hall–Kier alpha value is -0.790. The minimum atomic E-state index is 1.04. The Balaban J connectivity index is 2.59. The lowest BCUT2D eigenvalue weighted by molar-refractivity contribution is 0.595. The van der Waals surface area contributed by atoms with E-state index in [1.807, 2.05) is 10.9 Å². The van der Waals surface area contributed by atoms with Crippen molar-refractivity contribution in [3.63, 3.8) is 0 Å². The van der Waals surface area contributed by atoms with Gasteiger partial charge in [-0.25, -0.2) is 0 Å². The molecule has 1 aromatic rings. The molecular formula is C8H14N2. The number of nitrogens with zero attached hydrogens (tertiary/aromatic N) is 2. The van der Waals surface area contributed by atoms with Crippen LogP contribution >= 0.6 is 0 Å². The third-order valence-electron chi connectivity index (χ3n) is 1.51. The first kappa shape index (κ1) is 7.32. The van der Waals surface area contributed by atoms with Gasteiger partial charge in [-0.15, -0.1) is 0 Å². The van der Waals surface area contributed by atoms with Crippen LogP contribution in [0.5, 0.6) is 0 Å². The monoisotopic (exact) mass is 138 g/mol. The Bertz CT molecular complexity index is 191. The van der Waals surface area contributed by atoms with Crippen LogP contribution in [0.3, 0.4) is 0 Å². The number of aryl methyl sites for hydroxylation is 2. The fourth-order valence-electron chi connectivity index (χ4n) is 0.946. The van der Waals surface area contributed by atoms with E-state index in [1.54, 1.807) is 0 Å². The second-order valence-electron chi connectivity index (χ2n) is 2.42. The third kappa shape index (κ3) is 1.59. The van der Waals surface area contributed by atoms with E-state index in [0.29, 0.717) is 0 Å². The molecular weight excluding hydrogens is 124 g/mol. The molecule has 0 aliphatic heterocycles. The molecule has 0 saturated carbocycles. The molecule has 0 aromatic carbocycles. The van der Waals surface area contributed by atoms with Crippen molar-refractivity contribution in [2.75, 3.05) is 0 Å². The number of hydrogen-bond donors (Lipinski definition) is 0. The molecule has 10 heavy (non-hydrogen) atoms. The van der Waals surface area contributed by atoms with Gasteiger partial charge in [-0.05, 0) is 18.9 Å². The van der Waals surface area contributed by atoms with Gasteiger partial charge in [0.1, 0.15) is 0 Å². The summed E-state index contributed by atoms with van der Waals surface area (Å²) >= 11 is 0. The summed E-state index contributed by atoms with van der Waals surface area (Å²) in [6, 6.07) is 2.08. The van der Waals surface area contributed by atoms with Crippen LogP contribution in [-0.2, 0) is 13.0 Å². The zero-order valence-electron chi connectivity index (χ0n) is 6.67. The van der Waals surface area contributed by atoms with E-state index in [4.69, 9.17) is 0 Å². The number of rotatable bonds is 3. The largest absolute Gasteiger partial charge is 0.273 e. The molecule has 0 aliphatic carbocycles. The highest BCUT2D eigenvalue weighted by atomic mass is 15.3. The highest BCUT2D eigenvalue weighted by Gasteiger charge is 1.92. The minimum absolute atomic E-state index is 1.04. The van der Waals surface area contributed by atoms with Gasteiger partial charge in [-0.2, -0.15) is 5.10 Å². The van der Waals surface area contributed by atoms with Crippen molar-refractivity contribution in [3.8, 4) is 0 Å². The molecule has 0 fully saturated rings. The van der Waals surface area contributed by atoms with Crippen molar-refractivity contribution in [3.05, 3.63) is 18.0 Å². The Kier molecular flexibility index (Phi) is 2.49. The maximum absolute atomic E-state index is 4.34. The van der Waals surface area contributed by atoms with Gasteiger partial charge in [0.05, 0.1) is 5.69 Å². The van der Waals surface area contributed by atoms with Crippen LogP contribution < -0.4 is 0 Å². The highest BCUT2D eigenvalue weighted by Crippen LogP contribution is 1.96. The van der Waals surface area contributed by atoms with E-state index in [9.17, 15) is 0 Å². The van der Waals surface area contributed by atoms with Gasteiger partial charge in [-0.3, -0.25) is 4.68 Å². The van der Waals surface area contributed by atoms with Crippen molar-refractivity contribution in [1.82, 2.24) is 9.78 Å². The standard InChI is InChI=1S/C8H14N2/c1-3-6-10-7-5-8(4-2)9-10/h5,7H,3-4,6H2,1-2H3. The van der Waals surface area contributed by atoms with E-state index >= 15 is 0 Å². The Morgan fingerprint density at radius 3 is 2.80 bits per heavy atom. The van der Waals surface area contributed by atoms with Crippen molar-refractivity contribution >= 4 is 0 Å². The van der Waals surface area contributed by atoms with E-state index in [2.05, 4.69) is 25.0 Å². The van der Waals surface area contributed by atoms with Gasteiger partial charge in [0.2, 0.25) is 0 Å². The van der Waals surface area contributed by atoms with Gasteiger partial charge in [0, 0.05) is 12.7 Å². The van der Waals surface area contributed by atoms with E-state index < -0.39 is 0 Å². The fourth-order valence-corrected chi connectivity index (χ4v) is 0.946. The third-order valence-corrected chi connectivity index (χ3v) is 1.51. The summed E-state index contributed by atoms with van der Waals surface area (Å²) in [5, 5.41) is 4.34. The molecule has 1 rings (SSSR count). The predicted molar refractivity (Wildman–Crippen MR) is 41.9 cm³/mol. The fraction of sp³-hybridized carbons (Fsp3) is 0.625. The molecule has 0 unspecified atom stereocenters. The molecule has 1 heterocycles. The average Bonchev–Trinajstić information content (AvgIpc) is 2.37. The summed E-state index contributed by atoms with van der Waals surface area (Å²) in [5.74, 6) is 0. The lowest BCUT2D eigenvalue weighted by Gasteiger charge is -1.94. The molecule has 0 N–H and O–H groups in total. The second-order valence-corrected chi connectivity index (χ2v) is 2.42. The Morgan fingerprint density at radius 1 is 1.50 bits per heavy atom. The van der Waals surface area contributed by atoms with Crippen LogP contribution in [0, 0.1) is 0 Å². The summed E-state index contributed by atoms with van der Waals surface area (Å²) in [7, 11) is 0. The number of aromatic nitrogens is 2. The minimum Gasteiger partial charge on any atom is -0.273 e. The van der Waals surface area contributed by atoms with E-state index in [0.717, 1.165) is 19.4 Å². The summed E-state index contributed by atoms with van der Waals surface area (Å²) < 4.78 is 2.00. The summed E-state index contributed by atoms with van der Waals surface area (Å²) in [5.41, 5.74) is 1.19. The molecule has 0 aliphatic rings. The first-order valence-electron chi connectivity index (χ1n) is 3.89. The SMILES string of the molecule is CCCn1ccc(CC)n1. The Morgan fingerprint density at radius 2 is 2.30 bits per heavy atom. The van der Waals surface area contributed by atoms with Gasteiger partial charge >= 0.3 is 0 Å². The van der Waals surface area contributed by atoms with Crippen LogP contribution in [0.4, 0.5) is 0 Å². The molecule has 0 saturated heterocycles. The van der Waals surface area contributed by atoms with Gasteiger partial charge < -0.3 is 0 Å². The van der Waals surface area contributed by atoms with Crippen LogP contribution in [0.25, 0.3) is 0 Å². The van der Waals surface area contributed by atoms with Crippen LogP contribution in [0.2, 0.25) is 0 Å². The topological polar surface area (TPSA) is 17.8 Å². The first-order chi connectivity index (χ1) is 4.86. The molecule has 0 bridgehead atoms. The summed E-state index contributed by atoms with van der Waals surface area (Å²) in [6.07, 6.45) is 4.24. The van der Waals surface area contributed by atoms with E-state index in [-0.39, 0.29) is 0 Å². The van der Waals surface area contributed by atoms with Crippen molar-refractivity contribution in [1.29, 1.82) is 0 Å². The zero-order valence-corrected chi connectivity index (χ0v) is 6.67. The van der Waals surface area contributed by atoms with E-state index in [1.165, 1.54) is 5.69 Å². The normalized spacial score (nSPS) is 10.2. The summed E-state index contributed by atoms with van der Waals surface area (Å²) in [6.45, 7) is 5.33. The smallest absolute Gasteiger partial charge is 0.0621 e. The second kappa shape index (κ2) is 3.40. The molecule has 2 heteroatoms. The molecule has 1 aromatic heterocycles. The maximum Gasteiger partial charge on any atom is 0.0621 e. The van der Waals surface area contributed by atoms with Crippen molar-refractivity contribution < 1.29 is 0 Å². The van der Waals surface area contributed by atoms with Crippen molar-refractivity contribution in [2.45, 2.75) is 33.2 Å².